The molecule has 0 bridgehead atoms. The summed E-state index contributed by atoms with van der Waals surface area (Å²) in [4.78, 5) is 0. The Hall–Kier alpha value is -2.16. The number of hydrogen-bond donors (Lipinski definition) is 0. The first kappa shape index (κ1) is 16.0. The standard InChI is InChI=1S/C24H24O2/c1-3-7-17(8-4-1)21-11-19-13-26-16-24(19)22(18-9-5-2-6-10-18)12-20-14-25-15-23(20)21/h1-10,19-20H,11-16H2/b23-21+,24-22+. The van der Waals surface area contributed by atoms with Crippen LogP contribution in [-0.4, -0.2) is 26.4 Å². The summed E-state index contributed by atoms with van der Waals surface area (Å²) in [6.07, 6.45) is 2.12. The van der Waals surface area contributed by atoms with Gasteiger partial charge in [0.15, 0.2) is 0 Å². The highest BCUT2D eigenvalue weighted by molar-refractivity contribution is 5.76. The molecule has 3 aliphatic rings. The van der Waals surface area contributed by atoms with Crippen LogP contribution in [0.1, 0.15) is 24.0 Å². The molecule has 2 nitrogen and oxygen atoms in total. The SMILES string of the molecule is c1ccc(/C2=C3\COCC3C/C(c3ccccc3)=C3/COCC3C2)cc1. The molecule has 2 fully saturated rings. The van der Waals surface area contributed by atoms with Crippen molar-refractivity contribution in [3.05, 3.63) is 82.9 Å². The Bertz CT molecular complexity index is 775. The van der Waals surface area contributed by atoms with Crippen LogP contribution in [0.4, 0.5) is 0 Å². The summed E-state index contributed by atoms with van der Waals surface area (Å²) >= 11 is 0. The number of benzene rings is 2. The van der Waals surface area contributed by atoms with Gasteiger partial charge >= 0.3 is 0 Å². The number of fused-ring (bicyclic) bond motifs is 2. The van der Waals surface area contributed by atoms with Crippen molar-refractivity contribution in [2.45, 2.75) is 12.8 Å². The Balaban J connectivity index is 1.62. The number of allylic oxidation sites excluding steroid dienone is 2. The van der Waals surface area contributed by atoms with Gasteiger partial charge in [0.1, 0.15) is 0 Å². The van der Waals surface area contributed by atoms with E-state index in [4.69, 9.17) is 9.47 Å². The zero-order valence-electron chi connectivity index (χ0n) is 15.0. The fourth-order valence-corrected chi connectivity index (χ4v) is 4.73. The third-order valence-electron chi connectivity index (χ3n) is 6.06. The van der Waals surface area contributed by atoms with Crippen LogP contribution in [0.5, 0.6) is 0 Å². The number of ether oxygens (including phenoxy) is 2. The van der Waals surface area contributed by atoms with Gasteiger partial charge in [-0.05, 0) is 46.3 Å². The Morgan fingerprint density at radius 2 is 1.00 bits per heavy atom. The van der Waals surface area contributed by atoms with E-state index in [2.05, 4.69) is 60.7 Å². The molecule has 2 aliphatic heterocycles. The molecule has 0 saturated carbocycles. The van der Waals surface area contributed by atoms with Crippen molar-refractivity contribution < 1.29 is 9.47 Å². The quantitative estimate of drug-likeness (QED) is 0.765. The molecule has 2 saturated heterocycles. The summed E-state index contributed by atoms with van der Waals surface area (Å²) in [5.74, 6) is 0.962. The number of rotatable bonds is 2. The monoisotopic (exact) mass is 344 g/mol. The molecule has 2 unspecified atom stereocenters. The molecule has 0 aromatic heterocycles. The highest BCUT2D eigenvalue weighted by Crippen LogP contribution is 2.45. The molecule has 2 heterocycles. The fraction of sp³-hybridized carbons (Fsp3) is 0.333. The molecule has 0 N–H and O–H groups in total. The van der Waals surface area contributed by atoms with Crippen LogP contribution in [0.3, 0.4) is 0 Å². The lowest BCUT2D eigenvalue weighted by Gasteiger charge is -2.26. The summed E-state index contributed by atoms with van der Waals surface area (Å²) in [6, 6.07) is 21.7. The van der Waals surface area contributed by atoms with Crippen LogP contribution in [0, 0.1) is 11.8 Å². The second-order valence-electron chi connectivity index (χ2n) is 7.57. The van der Waals surface area contributed by atoms with E-state index in [0.29, 0.717) is 11.8 Å². The molecule has 132 valence electrons. The lowest BCUT2D eigenvalue weighted by molar-refractivity contribution is 0.187. The Morgan fingerprint density at radius 3 is 1.42 bits per heavy atom. The van der Waals surface area contributed by atoms with Crippen molar-refractivity contribution in [1.82, 2.24) is 0 Å². The van der Waals surface area contributed by atoms with Crippen molar-refractivity contribution in [2.75, 3.05) is 26.4 Å². The van der Waals surface area contributed by atoms with Gasteiger partial charge < -0.3 is 9.47 Å². The lowest BCUT2D eigenvalue weighted by atomic mass is 9.76. The normalized spacial score (nSPS) is 31.2. The fourth-order valence-electron chi connectivity index (χ4n) is 4.73. The van der Waals surface area contributed by atoms with E-state index in [-0.39, 0.29) is 0 Å². The molecule has 0 radical (unpaired) electrons. The highest BCUT2D eigenvalue weighted by Gasteiger charge is 2.35. The summed E-state index contributed by atoms with van der Waals surface area (Å²) in [6.45, 7) is 3.22. The summed E-state index contributed by atoms with van der Waals surface area (Å²) in [5.41, 5.74) is 8.72. The van der Waals surface area contributed by atoms with Crippen molar-refractivity contribution in [3.63, 3.8) is 0 Å². The van der Waals surface area contributed by atoms with Gasteiger partial charge in [-0.3, -0.25) is 0 Å². The third kappa shape index (κ3) is 2.84. The van der Waals surface area contributed by atoms with Crippen LogP contribution >= 0.6 is 0 Å². The van der Waals surface area contributed by atoms with E-state index in [0.717, 1.165) is 39.3 Å². The van der Waals surface area contributed by atoms with Gasteiger partial charge in [0.2, 0.25) is 0 Å². The molecule has 2 aromatic carbocycles. The van der Waals surface area contributed by atoms with Gasteiger partial charge in [0, 0.05) is 11.8 Å². The van der Waals surface area contributed by atoms with Crippen LogP contribution in [0.2, 0.25) is 0 Å². The zero-order valence-corrected chi connectivity index (χ0v) is 15.0. The maximum atomic E-state index is 5.95. The third-order valence-corrected chi connectivity index (χ3v) is 6.06. The largest absolute Gasteiger partial charge is 0.376 e. The zero-order chi connectivity index (χ0) is 17.3. The van der Waals surface area contributed by atoms with Crippen LogP contribution < -0.4 is 0 Å². The van der Waals surface area contributed by atoms with Crippen LogP contribution in [0.15, 0.2) is 71.8 Å². The molecule has 26 heavy (non-hydrogen) atoms. The molecule has 2 aromatic rings. The minimum atomic E-state index is 0.481. The van der Waals surface area contributed by atoms with Crippen molar-refractivity contribution in [3.8, 4) is 0 Å². The van der Waals surface area contributed by atoms with Gasteiger partial charge in [-0.2, -0.15) is 0 Å². The van der Waals surface area contributed by atoms with E-state index in [1.54, 1.807) is 0 Å². The Kier molecular flexibility index (Phi) is 4.24. The second kappa shape index (κ2) is 6.86. The van der Waals surface area contributed by atoms with Crippen molar-refractivity contribution >= 4 is 11.1 Å². The van der Waals surface area contributed by atoms with Gasteiger partial charge in [0.25, 0.3) is 0 Å². The topological polar surface area (TPSA) is 18.5 Å². The van der Waals surface area contributed by atoms with Gasteiger partial charge in [0.05, 0.1) is 26.4 Å². The number of hydrogen-bond acceptors (Lipinski definition) is 2. The average Bonchev–Trinajstić information content (AvgIpc) is 3.33. The van der Waals surface area contributed by atoms with Crippen molar-refractivity contribution in [2.24, 2.45) is 11.8 Å². The summed E-state index contributed by atoms with van der Waals surface area (Å²) < 4.78 is 11.9. The van der Waals surface area contributed by atoms with Gasteiger partial charge in [-0.15, -0.1) is 0 Å². The van der Waals surface area contributed by atoms with E-state index >= 15 is 0 Å². The maximum absolute atomic E-state index is 5.95. The Labute approximate surface area is 155 Å². The first-order valence-electron chi connectivity index (χ1n) is 9.60. The molecule has 2 heteroatoms. The lowest BCUT2D eigenvalue weighted by Crippen LogP contribution is -2.15. The van der Waals surface area contributed by atoms with Gasteiger partial charge in [-0.25, -0.2) is 0 Å². The van der Waals surface area contributed by atoms with Crippen molar-refractivity contribution in [1.29, 1.82) is 0 Å². The minimum absolute atomic E-state index is 0.481. The smallest absolute Gasteiger partial charge is 0.0686 e. The summed E-state index contributed by atoms with van der Waals surface area (Å²) in [7, 11) is 0. The molecule has 5 rings (SSSR count). The van der Waals surface area contributed by atoms with Crippen LogP contribution in [0.25, 0.3) is 11.1 Å². The molecule has 2 atom stereocenters. The highest BCUT2D eigenvalue weighted by atomic mass is 16.5. The maximum Gasteiger partial charge on any atom is 0.0686 e. The second-order valence-corrected chi connectivity index (χ2v) is 7.57. The molecule has 0 spiro atoms. The van der Waals surface area contributed by atoms with E-state index < -0.39 is 0 Å². The predicted octanol–water partition coefficient (Wildman–Crippen LogP) is 4.98. The molecular formula is C24H24O2. The van der Waals surface area contributed by atoms with E-state index in [9.17, 15) is 0 Å². The Morgan fingerprint density at radius 1 is 0.577 bits per heavy atom. The first-order valence-corrected chi connectivity index (χ1v) is 9.60. The van der Waals surface area contributed by atoms with Gasteiger partial charge in [-0.1, -0.05) is 60.7 Å². The van der Waals surface area contributed by atoms with E-state index in [1.807, 2.05) is 0 Å². The molecule has 0 amide bonds. The van der Waals surface area contributed by atoms with E-state index in [1.165, 1.54) is 33.4 Å². The first-order chi connectivity index (χ1) is 12.9. The molecular weight excluding hydrogens is 320 g/mol. The average molecular weight is 344 g/mol. The minimum Gasteiger partial charge on any atom is -0.376 e. The summed E-state index contributed by atoms with van der Waals surface area (Å²) in [5, 5.41) is 0. The molecule has 1 aliphatic carbocycles. The van der Waals surface area contributed by atoms with Crippen LogP contribution in [-0.2, 0) is 9.47 Å². The predicted molar refractivity (Wildman–Crippen MR) is 105 cm³/mol.